The Morgan fingerprint density at radius 1 is 1.30 bits per heavy atom. The van der Waals surface area contributed by atoms with E-state index < -0.39 is 18.3 Å². The lowest BCUT2D eigenvalue weighted by molar-refractivity contribution is -0.0982. The van der Waals surface area contributed by atoms with Gasteiger partial charge in [0.25, 0.3) is 0 Å². The van der Waals surface area contributed by atoms with Gasteiger partial charge in [-0.05, 0) is 46.2 Å². The molecule has 0 bridgehead atoms. The topological polar surface area (TPSA) is 78.4 Å². The first-order valence-corrected chi connectivity index (χ1v) is 6.64. The van der Waals surface area contributed by atoms with Crippen molar-refractivity contribution in [3.05, 3.63) is 24.0 Å². The fourth-order valence-corrected chi connectivity index (χ4v) is 1.78. The van der Waals surface area contributed by atoms with Crippen LogP contribution in [0.15, 0.2) is 18.5 Å². The van der Waals surface area contributed by atoms with Crippen LogP contribution < -0.4 is 5.46 Å². The molecule has 6 heteroatoms. The van der Waals surface area contributed by atoms with Gasteiger partial charge in [-0.15, -0.1) is 0 Å². The highest BCUT2D eigenvalue weighted by Gasteiger charge is 2.39. The number of hydrogen-bond acceptors (Lipinski definition) is 4. The highest BCUT2D eigenvalue weighted by molar-refractivity contribution is 6.60. The van der Waals surface area contributed by atoms with Crippen LogP contribution >= 0.6 is 0 Å². The van der Waals surface area contributed by atoms with Crippen LogP contribution in [0.5, 0.6) is 0 Å². The minimum atomic E-state index is -1.14. The first-order valence-electron chi connectivity index (χ1n) is 6.64. The summed E-state index contributed by atoms with van der Waals surface area (Å²) >= 11 is 0. The standard InChI is InChI=1S/C14H21BN2O3/c1-9-7-16-12-11(9)6-10(8-17-12)15(19)20-14(4,5)13(2,3)18/h6-8,18-19H,1-5H3,(H,16,17). The number of nitrogens with one attached hydrogen (secondary N) is 1. The van der Waals surface area contributed by atoms with Crippen molar-refractivity contribution in [1.82, 2.24) is 9.97 Å². The number of hydrogen-bond donors (Lipinski definition) is 3. The number of aryl methyl sites for hydroxylation is 1. The minimum absolute atomic E-state index is 0.567. The van der Waals surface area contributed by atoms with Crippen molar-refractivity contribution < 1.29 is 14.8 Å². The molecule has 2 heterocycles. The Labute approximate surface area is 119 Å². The van der Waals surface area contributed by atoms with Gasteiger partial charge in [-0.25, -0.2) is 4.98 Å². The lowest BCUT2D eigenvalue weighted by Crippen LogP contribution is -2.53. The van der Waals surface area contributed by atoms with Crippen molar-refractivity contribution in [2.75, 3.05) is 0 Å². The molecular weight excluding hydrogens is 255 g/mol. The minimum Gasteiger partial charge on any atom is -0.423 e. The second-order valence-corrected chi connectivity index (χ2v) is 6.18. The lowest BCUT2D eigenvalue weighted by atomic mass is 9.77. The van der Waals surface area contributed by atoms with Gasteiger partial charge in [-0.3, -0.25) is 0 Å². The first kappa shape index (κ1) is 15.0. The normalized spacial score (nSPS) is 12.9. The largest absolute Gasteiger partial charge is 0.493 e. The lowest BCUT2D eigenvalue weighted by Gasteiger charge is -2.38. The molecule has 2 aromatic rings. The van der Waals surface area contributed by atoms with Crippen molar-refractivity contribution in [2.45, 2.75) is 45.8 Å². The maximum atomic E-state index is 10.2. The Morgan fingerprint density at radius 2 is 1.95 bits per heavy atom. The van der Waals surface area contributed by atoms with Gasteiger partial charge < -0.3 is 19.8 Å². The summed E-state index contributed by atoms with van der Waals surface area (Å²) in [6.45, 7) is 8.75. The van der Waals surface area contributed by atoms with Crippen molar-refractivity contribution in [2.24, 2.45) is 0 Å². The van der Waals surface area contributed by atoms with Gasteiger partial charge in [-0.2, -0.15) is 0 Å². The zero-order valence-corrected chi connectivity index (χ0v) is 12.6. The summed E-state index contributed by atoms with van der Waals surface area (Å²) in [5.41, 5.74) is 0.436. The highest BCUT2D eigenvalue weighted by atomic mass is 16.5. The SMILES string of the molecule is Cc1c[nH]c2ncc(B(O)OC(C)(C)C(C)(C)O)cc12. The second kappa shape index (κ2) is 4.88. The second-order valence-electron chi connectivity index (χ2n) is 6.18. The number of pyridine rings is 1. The molecule has 0 aliphatic heterocycles. The third-order valence-corrected chi connectivity index (χ3v) is 3.92. The zero-order chi connectivity index (χ0) is 15.1. The van der Waals surface area contributed by atoms with E-state index in [1.54, 1.807) is 33.9 Å². The van der Waals surface area contributed by atoms with Crippen LogP contribution in [0.4, 0.5) is 0 Å². The molecule has 0 fully saturated rings. The van der Waals surface area contributed by atoms with Gasteiger partial charge >= 0.3 is 7.12 Å². The molecule has 0 amide bonds. The number of H-pyrrole nitrogens is 1. The average Bonchev–Trinajstić information content (AvgIpc) is 2.68. The Bertz CT molecular complexity index is 616. The molecule has 0 saturated heterocycles. The van der Waals surface area contributed by atoms with E-state index in [1.807, 2.05) is 19.2 Å². The summed E-state index contributed by atoms with van der Waals surface area (Å²) < 4.78 is 5.61. The summed E-state index contributed by atoms with van der Waals surface area (Å²) in [4.78, 5) is 7.31. The Kier molecular flexibility index (Phi) is 3.66. The van der Waals surface area contributed by atoms with Gasteiger partial charge in [0.15, 0.2) is 0 Å². The molecule has 20 heavy (non-hydrogen) atoms. The van der Waals surface area contributed by atoms with E-state index in [-0.39, 0.29) is 0 Å². The van der Waals surface area contributed by atoms with Crippen LogP contribution in [0.3, 0.4) is 0 Å². The third kappa shape index (κ3) is 2.72. The van der Waals surface area contributed by atoms with E-state index in [0.717, 1.165) is 16.6 Å². The summed E-state index contributed by atoms with van der Waals surface area (Å²) in [5.74, 6) is 0. The van der Waals surface area contributed by atoms with Gasteiger partial charge in [0, 0.05) is 23.2 Å². The first-order chi connectivity index (χ1) is 9.12. The summed E-state index contributed by atoms with van der Waals surface area (Å²) in [6.07, 6.45) is 3.44. The number of aromatic nitrogens is 2. The summed E-state index contributed by atoms with van der Waals surface area (Å²) in [6, 6.07) is 1.85. The molecule has 0 aliphatic rings. The Morgan fingerprint density at radius 3 is 2.55 bits per heavy atom. The average molecular weight is 276 g/mol. The van der Waals surface area contributed by atoms with E-state index in [4.69, 9.17) is 4.65 Å². The predicted octanol–water partition coefficient (Wildman–Crippen LogP) is 1.12. The quantitative estimate of drug-likeness (QED) is 0.731. The van der Waals surface area contributed by atoms with Crippen molar-refractivity contribution in [3.63, 3.8) is 0 Å². The number of fused-ring (bicyclic) bond motifs is 1. The fourth-order valence-electron chi connectivity index (χ4n) is 1.78. The highest BCUT2D eigenvalue weighted by Crippen LogP contribution is 2.25. The molecule has 3 N–H and O–H groups in total. The van der Waals surface area contributed by atoms with E-state index in [0.29, 0.717) is 5.46 Å². The zero-order valence-electron chi connectivity index (χ0n) is 12.6. The molecule has 0 unspecified atom stereocenters. The number of nitrogens with zero attached hydrogens (tertiary/aromatic N) is 1. The summed E-state index contributed by atoms with van der Waals surface area (Å²) in [7, 11) is -1.14. The van der Waals surface area contributed by atoms with Crippen LogP contribution in [-0.2, 0) is 4.65 Å². The Balaban J connectivity index is 2.27. The number of aliphatic hydroxyl groups is 1. The number of aromatic amines is 1. The van der Waals surface area contributed by atoms with Crippen molar-refractivity contribution >= 4 is 23.6 Å². The molecule has 0 aliphatic carbocycles. The van der Waals surface area contributed by atoms with Gasteiger partial charge in [0.2, 0.25) is 0 Å². The van der Waals surface area contributed by atoms with E-state index in [9.17, 15) is 10.1 Å². The van der Waals surface area contributed by atoms with Gasteiger partial charge in [0.05, 0.1) is 11.2 Å². The van der Waals surface area contributed by atoms with Crippen molar-refractivity contribution in [1.29, 1.82) is 0 Å². The predicted molar refractivity (Wildman–Crippen MR) is 79.9 cm³/mol. The fraction of sp³-hybridized carbons (Fsp3) is 0.500. The van der Waals surface area contributed by atoms with Gasteiger partial charge in [0.1, 0.15) is 5.65 Å². The monoisotopic (exact) mass is 276 g/mol. The molecule has 5 nitrogen and oxygen atoms in total. The van der Waals surface area contributed by atoms with Gasteiger partial charge in [-0.1, -0.05) is 0 Å². The molecule has 0 aromatic carbocycles. The van der Waals surface area contributed by atoms with E-state index >= 15 is 0 Å². The van der Waals surface area contributed by atoms with Crippen LogP contribution in [-0.4, -0.2) is 38.4 Å². The molecule has 2 rings (SSSR count). The van der Waals surface area contributed by atoms with Crippen molar-refractivity contribution in [3.8, 4) is 0 Å². The molecular formula is C14H21BN2O3. The van der Waals surface area contributed by atoms with Crippen LogP contribution in [0.25, 0.3) is 11.0 Å². The smallest absolute Gasteiger partial charge is 0.423 e. The van der Waals surface area contributed by atoms with E-state index in [1.165, 1.54) is 0 Å². The molecule has 0 radical (unpaired) electrons. The molecule has 0 saturated carbocycles. The van der Waals surface area contributed by atoms with Crippen LogP contribution in [0.2, 0.25) is 0 Å². The summed E-state index contributed by atoms with van der Waals surface area (Å²) in [5, 5.41) is 21.2. The molecule has 0 atom stereocenters. The molecule has 2 aromatic heterocycles. The maximum absolute atomic E-state index is 10.2. The Hall–Kier alpha value is -1.37. The molecule has 108 valence electrons. The maximum Gasteiger partial charge on any atom is 0.493 e. The molecule has 0 spiro atoms. The number of rotatable bonds is 4. The third-order valence-electron chi connectivity index (χ3n) is 3.92. The van der Waals surface area contributed by atoms with Crippen LogP contribution in [0.1, 0.15) is 33.3 Å². The van der Waals surface area contributed by atoms with Crippen LogP contribution in [0, 0.1) is 6.92 Å². The van der Waals surface area contributed by atoms with E-state index in [2.05, 4.69) is 9.97 Å².